The van der Waals surface area contributed by atoms with Crippen LogP contribution in [0.2, 0.25) is 0 Å². The van der Waals surface area contributed by atoms with Crippen molar-refractivity contribution in [2.45, 2.75) is 5.92 Å². The van der Waals surface area contributed by atoms with E-state index in [1.807, 2.05) is 115 Å². The maximum atomic E-state index is 12.9. The molecule has 0 saturated heterocycles. The van der Waals surface area contributed by atoms with Crippen LogP contribution < -0.4 is 15.6 Å². The highest BCUT2D eigenvalue weighted by atomic mass is 16.5. The predicted molar refractivity (Wildman–Crippen MR) is 128 cm³/mol. The molecule has 4 aromatic carbocycles. The van der Waals surface area contributed by atoms with Crippen LogP contribution in [-0.2, 0) is 9.59 Å². The zero-order valence-electron chi connectivity index (χ0n) is 18.0. The Morgan fingerprint density at radius 3 is 1.64 bits per heavy atom. The van der Waals surface area contributed by atoms with Gasteiger partial charge in [-0.25, -0.2) is 0 Å². The summed E-state index contributed by atoms with van der Waals surface area (Å²) in [6.07, 6.45) is 0. The van der Waals surface area contributed by atoms with E-state index in [2.05, 4.69) is 10.9 Å². The Morgan fingerprint density at radius 2 is 1.09 bits per heavy atom. The molecule has 0 fully saturated rings. The third-order valence-electron chi connectivity index (χ3n) is 5.18. The summed E-state index contributed by atoms with van der Waals surface area (Å²) in [6.45, 7) is -0.216. The first-order chi connectivity index (χ1) is 16.2. The molecule has 0 aliphatic carbocycles. The van der Waals surface area contributed by atoms with Crippen molar-refractivity contribution in [1.29, 1.82) is 0 Å². The Labute approximate surface area is 193 Å². The minimum atomic E-state index is -0.542. The van der Waals surface area contributed by atoms with E-state index in [4.69, 9.17) is 4.74 Å². The number of rotatable bonds is 7. The lowest BCUT2D eigenvalue weighted by molar-refractivity contribution is -0.130. The molecular formula is C28H24N2O3. The summed E-state index contributed by atoms with van der Waals surface area (Å²) in [6, 6.07) is 36.4. The van der Waals surface area contributed by atoms with Crippen LogP contribution in [-0.4, -0.2) is 18.4 Å². The molecule has 2 N–H and O–H groups in total. The Kier molecular flexibility index (Phi) is 7.13. The fourth-order valence-electron chi connectivity index (χ4n) is 3.55. The number of benzene rings is 4. The summed E-state index contributed by atoms with van der Waals surface area (Å²) in [5, 5.41) is 0. The van der Waals surface area contributed by atoms with Gasteiger partial charge in [-0.3, -0.25) is 20.4 Å². The summed E-state index contributed by atoms with van der Waals surface area (Å²) < 4.78 is 5.56. The number of carbonyl (C=O) groups excluding carboxylic acids is 2. The van der Waals surface area contributed by atoms with Gasteiger partial charge in [0.05, 0.1) is 5.92 Å². The van der Waals surface area contributed by atoms with Crippen molar-refractivity contribution in [1.82, 2.24) is 10.9 Å². The lowest BCUT2D eigenvalue weighted by Gasteiger charge is -2.18. The van der Waals surface area contributed by atoms with Crippen molar-refractivity contribution in [3.8, 4) is 16.9 Å². The van der Waals surface area contributed by atoms with Crippen molar-refractivity contribution in [2.75, 3.05) is 6.61 Å². The van der Waals surface area contributed by atoms with Gasteiger partial charge in [0.25, 0.3) is 5.91 Å². The predicted octanol–water partition coefficient (Wildman–Crippen LogP) is 4.71. The summed E-state index contributed by atoms with van der Waals surface area (Å²) in [5.41, 5.74) is 8.82. The van der Waals surface area contributed by atoms with Gasteiger partial charge in [0.15, 0.2) is 6.61 Å². The van der Waals surface area contributed by atoms with Gasteiger partial charge in [0.1, 0.15) is 5.75 Å². The van der Waals surface area contributed by atoms with Crippen molar-refractivity contribution >= 4 is 11.8 Å². The number of nitrogens with one attached hydrogen (secondary N) is 2. The first-order valence-corrected chi connectivity index (χ1v) is 10.7. The second-order valence-electron chi connectivity index (χ2n) is 7.47. The standard InChI is InChI=1S/C28H24N2O3/c31-26(20-33-25-18-16-22(17-19-25)21-10-4-1-5-11-21)29-30-28(32)27(23-12-6-2-7-13-23)24-14-8-3-9-15-24/h1-19,27H,20H2,(H,29,31)(H,30,32). The summed E-state index contributed by atoms with van der Waals surface area (Å²) in [5.74, 6) is -0.745. The quantitative estimate of drug-likeness (QED) is 0.412. The Morgan fingerprint density at radius 1 is 0.606 bits per heavy atom. The van der Waals surface area contributed by atoms with Crippen LogP contribution in [0.15, 0.2) is 115 Å². The first-order valence-electron chi connectivity index (χ1n) is 10.7. The third-order valence-corrected chi connectivity index (χ3v) is 5.18. The van der Waals surface area contributed by atoms with Crippen LogP contribution in [0.1, 0.15) is 17.0 Å². The molecule has 0 radical (unpaired) electrons. The number of hydrogen-bond donors (Lipinski definition) is 2. The number of hydrazine groups is 1. The minimum Gasteiger partial charge on any atom is -0.484 e. The maximum absolute atomic E-state index is 12.9. The summed E-state index contributed by atoms with van der Waals surface area (Å²) in [7, 11) is 0. The molecule has 4 rings (SSSR count). The fourth-order valence-corrected chi connectivity index (χ4v) is 3.55. The highest BCUT2D eigenvalue weighted by Crippen LogP contribution is 2.24. The monoisotopic (exact) mass is 436 g/mol. The van der Waals surface area contributed by atoms with Gasteiger partial charge in [-0.05, 0) is 34.4 Å². The summed E-state index contributed by atoms with van der Waals surface area (Å²) >= 11 is 0. The average Bonchev–Trinajstić information content (AvgIpc) is 2.88. The zero-order chi connectivity index (χ0) is 22.9. The van der Waals surface area contributed by atoms with Crippen molar-refractivity contribution in [3.05, 3.63) is 126 Å². The zero-order valence-corrected chi connectivity index (χ0v) is 18.0. The molecule has 0 atom stereocenters. The maximum Gasteiger partial charge on any atom is 0.276 e. The third kappa shape index (κ3) is 5.86. The van der Waals surface area contributed by atoms with Crippen molar-refractivity contribution < 1.29 is 14.3 Å². The largest absolute Gasteiger partial charge is 0.484 e. The van der Waals surface area contributed by atoms with Crippen molar-refractivity contribution in [3.63, 3.8) is 0 Å². The molecule has 0 heterocycles. The Bertz CT molecular complexity index is 1140. The second-order valence-corrected chi connectivity index (χ2v) is 7.47. The number of carbonyl (C=O) groups is 2. The fraction of sp³-hybridized carbons (Fsp3) is 0.0714. The van der Waals surface area contributed by atoms with E-state index >= 15 is 0 Å². The van der Waals surface area contributed by atoms with Crippen LogP contribution in [0.4, 0.5) is 0 Å². The van der Waals surface area contributed by atoms with Crippen LogP contribution in [0.25, 0.3) is 11.1 Å². The molecule has 164 valence electrons. The highest BCUT2D eigenvalue weighted by molar-refractivity contribution is 5.89. The molecule has 0 aliphatic rings. The molecule has 0 aliphatic heterocycles. The number of ether oxygens (including phenoxy) is 1. The molecule has 2 amide bonds. The second kappa shape index (κ2) is 10.8. The van der Waals surface area contributed by atoms with Crippen LogP contribution in [0.5, 0.6) is 5.75 Å². The lowest BCUT2D eigenvalue weighted by Crippen LogP contribution is -2.46. The molecule has 5 heteroatoms. The van der Waals surface area contributed by atoms with E-state index in [0.29, 0.717) is 5.75 Å². The molecular weight excluding hydrogens is 412 g/mol. The lowest BCUT2D eigenvalue weighted by atomic mass is 9.91. The molecule has 4 aromatic rings. The molecule has 0 spiro atoms. The van der Waals surface area contributed by atoms with Crippen LogP contribution in [0.3, 0.4) is 0 Å². The molecule has 33 heavy (non-hydrogen) atoms. The van der Waals surface area contributed by atoms with Gasteiger partial charge in [0.2, 0.25) is 5.91 Å². The van der Waals surface area contributed by atoms with E-state index in [1.165, 1.54) is 0 Å². The molecule has 0 aromatic heterocycles. The topological polar surface area (TPSA) is 67.4 Å². The normalized spacial score (nSPS) is 10.5. The van der Waals surface area contributed by atoms with Gasteiger partial charge < -0.3 is 4.74 Å². The van der Waals surface area contributed by atoms with Gasteiger partial charge in [-0.2, -0.15) is 0 Å². The van der Waals surface area contributed by atoms with Crippen LogP contribution >= 0.6 is 0 Å². The molecule has 0 unspecified atom stereocenters. The van der Waals surface area contributed by atoms with E-state index in [1.54, 1.807) is 0 Å². The van der Waals surface area contributed by atoms with Gasteiger partial charge >= 0.3 is 0 Å². The SMILES string of the molecule is O=C(COc1ccc(-c2ccccc2)cc1)NNC(=O)C(c1ccccc1)c1ccccc1. The Balaban J connectivity index is 1.32. The Hall–Kier alpha value is -4.38. The number of amides is 2. The number of hydrogen-bond acceptors (Lipinski definition) is 3. The van der Waals surface area contributed by atoms with E-state index in [-0.39, 0.29) is 12.5 Å². The van der Waals surface area contributed by atoms with Gasteiger partial charge in [0, 0.05) is 0 Å². The first kappa shape index (κ1) is 21.8. The minimum absolute atomic E-state index is 0.216. The van der Waals surface area contributed by atoms with Gasteiger partial charge in [-0.1, -0.05) is 103 Å². The highest BCUT2D eigenvalue weighted by Gasteiger charge is 2.22. The molecule has 5 nitrogen and oxygen atoms in total. The smallest absolute Gasteiger partial charge is 0.276 e. The summed E-state index contributed by atoms with van der Waals surface area (Å²) in [4.78, 5) is 25.2. The van der Waals surface area contributed by atoms with E-state index in [9.17, 15) is 9.59 Å². The van der Waals surface area contributed by atoms with E-state index in [0.717, 1.165) is 22.3 Å². The molecule has 0 saturated carbocycles. The van der Waals surface area contributed by atoms with Crippen LogP contribution in [0, 0.1) is 0 Å². The molecule has 0 bridgehead atoms. The van der Waals surface area contributed by atoms with E-state index < -0.39 is 11.8 Å². The van der Waals surface area contributed by atoms with Gasteiger partial charge in [-0.15, -0.1) is 0 Å². The average molecular weight is 437 g/mol. The van der Waals surface area contributed by atoms with Crippen molar-refractivity contribution in [2.24, 2.45) is 0 Å².